The molecule has 0 aliphatic carbocycles. The van der Waals surface area contributed by atoms with Gasteiger partial charge in [-0.1, -0.05) is 41.4 Å². The Labute approximate surface area is 168 Å². The third-order valence-corrected chi connectivity index (χ3v) is 4.76. The van der Waals surface area contributed by atoms with Gasteiger partial charge in [0.2, 0.25) is 0 Å². The van der Waals surface area contributed by atoms with E-state index in [0.29, 0.717) is 33.6 Å². The van der Waals surface area contributed by atoms with E-state index in [-0.39, 0.29) is 5.91 Å². The summed E-state index contributed by atoms with van der Waals surface area (Å²) in [5.41, 5.74) is 2.79. The Kier molecular flexibility index (Phi) is 5.99. The van der Waals surface area contributed by atoms with Gasteiger partial charge in [-0.05, 0) is 42.8 Å². The second-order valence-electron chi connectivity index (χ2n) is 5.99. The van der Waals surface area contributed by atoms with Crippen LogP contribution in [-0.4, -0.2) is 18.0 Å². The zero-order chi connectivity index (χ0) is 19.4. The lowest BCUT2D eigenvalue weighted by atomic mass is 10.1. The maximum atomic E-state index is 13.4. The van der Waals surface area contributed by atoms with Gasteiger partial charge in [0, 0.05) is 28.5 Å². The van der Waals surface area contributed by atoms with Crippen LogP contribution in [0.2, 0.25) is 10.0 Å². The van der Waals surface area contributed by atoms with Crippen molar-refractivity contribution in [3.05, 3.63) is 87.7 Å². The molecule has 0 aliphatic rings. The van der Waals surface area contributed by atoms with Gasteiger partial charge >= 0.3 is 0 Å². The smallest absolute Gasteiger partial charge is 0.259 e. The highest BCUT2D eigenvalue weighted by Crippen LogP contribution is 2.32. The number of rotatable bonds is 5. The number of anilines is 1. The Morgan fingerprint density at radius 1 is 1.15 bits per heavy atom. The summed E-state index contributed by atoms with van der Waals surface area (Å²) >= 11 is 12.4. The van der Waals surface area contributed by atoms with Crippen LogP contribution in [0, 0.1) is 6.92 Å². The van der Waals surface area contributed by atoms with Crippen LogP contribution in [0.1, 0.15) is 21.5 Å². The highest BCUT2D eigenvalue weighted by Gasteiger charge is 2.23. The summed E-state index contributed by atoms with van der Waals surface area (Å²) in [4.78, 5) is 19.1. The molecule has 1 amide bonds. The van der Waals surface area contributed by atoms with Crippen molar-refractivity contribution in [2.75, 3.05) is 12.0 Å². The normalized spacial score (nSPS) is 10.5. The van der Waals surface area contributed by atoms with Crippen molar-refractivity contribution in [1.29, 1.82) is 0 Å². The van der Waals surface area contributed by atoms with Gasteiger partial charge in [0.1, 0.15) is 5.75 Å². The molecule has 6 heteroatoms. The fourth-order valence-corrected chi connectivity index (χ4v) is 3.34. The first kappa shape index (κ1) is 19.2. The van der Waals surface area contributed by atoms with Crippen LogP contribution in [0.3, 0.4) is 0 Å². The molecule has 2 aromatic carbocycles. The first-order valence-electron chi connectivity index (χ1n) is 8.30. The quantitative estimate of drug-likeness (QED) is 0.563. The molecule has 0 saturated heterocycles. The fourth-order valence-electron chi connectivity index (χ4n) is 2.83. The monoisotopic (exact) mass is 400 g/mol. The number of hydrogen-bond acceptors (Lipinski definition) is 3. The summed E-state index contributed by atoms with van der Waals surface area (Å²) in [7, 11) is 1.60. The Morgan fingerprint density at radius 2 is 1.93 bits per heavy atom. The van der Waals surface area contributed by atoms with Crippen molar-refractivity contribution in [3.8, 4) is 5.75 Å². The van der Waals surface area contributed by atoms with Crippen LogP contribution < -0.4 is 9.64 Å². The summed E-state index contributed by atoms with van der Waals surface area (Å²) < 4.78 is 5.44. The van der Waals surface area contributed by atoms with E-state index in [1.807, 2.05) is 31.2 Å². The van der Waals surface area contributed by atoms with Gasteiger partial charge in [-0.15, -0.1) is 0 Å². The van der Waals surface area contributed by atoms with Gasteiger partial charge in [-0.2, -0.15) is 0 Å². The molecule has 27 heavy (non-hydrogen) atoms. The van der Waals surface area contributed by atoms with E-state index in [4.69, 9.17) is 27.9 Å². The third kappa shape index (κ3) is 4.24. The number of aryl methyl sites for hydroxylation is 1. The third-order valence-electron chi connectivity index (χ3n) is 4.22. The molecule has 0 N–H and O–H groups in total. The molecule has 0 unspecified atom stereocenters. The molecule has 0 fully saturated rings. The number of ether oxygens (including phenoxy) is 1. The fraction of sp³-hybridized carbons (Fsp3) is 0.143. The largest absolute Gasteiger partial charge is 0.496 e. The summed E-state index contributed by atoms with van der Waals surface area (Å²) in [6, 6.07) is 14.4. The van der Waals surface area contributed by atoms with Gasteiger partial charge in [0.25, 0.3) is 5.91 Å². The number of para-hydroxylation sites is 1. The predicted octanol–water partition coefficient (Wildman–Crippen LogP) is 5.55. The number of carbonyl (C=O) groups excluding carboxylic acids is 1. The highest BCUT2D eigenvalue weighted by atomic mass is 35.5. The molecular weight excluding hydrogens is 383 g/mol. The Bertz CT molecular complexity index is 976. The number of halogens is 2. The molecule has 4 nitrogen and oxygen atoms in total. The van der Waals surface area contributed by atoms with E-state index in [0.717, 1.165) is 11.1 Å². The zero-order valence-corrected chi connectivity index (χ0v) is 16.5. The lowest BCUT2D eigenvalue weighted by molar-refractivity contribution is 0.0984. The van der Waals surface area contributed by atoms with E-state index in [9.17, 15) is 4.79 Å². The van der Waals surface area contributed by atoms with Crippen LogP contribution >= 0.6 is 23.2 Å². The van der Waals surface area contributed by atoms with Gasteiger partial charge in [-0.3, -0.25) is 9.78 Å². The van der Waals surface area contributed by atoms with Gasteiger partial charge in [0.05, 0.1) is 24.4 Å². The number of benzene rings is 2. The molecule has 1 heterocycles. The minimum Gasteiger partial charge on any atom is -0.496 e. The lowest BCUT2D eigenvalue weighted by Crippen LogP contribution is -2.31. The number of carbonyl (C=O) groups is 1. The molecule has 3 rings (SSSR count). The van der Waals surface area contributed by atoms with Crippen molar-refractivity contribution in [2.24, 2.45) is 0 Å². The predicted molar refractivity (Wildman–Crippen MR) is 109 cm³/mol. The Morgan fingerprint density at radius 3 is 2.63 bits per heavy atom. The van der Waals surface area contributed by atoms with Crippen LogP contribution in [0.5, 0.6) is 5.75 Å². The number of amides is 1. The van der Waals surface area contributed by atoms with Crippen LogP contribution in [0.15, 0.2) is 60.9 Å². The molecule has 0 saturated carbocycles. The standard InChI is InChI=1S/C21H18Cl2N2O2/c1-14-12-24-10-9-17(14)21(26)25(19-8-7-16(22)11-18(19)23)13-15-5-3-4-6-20(15)27-2/h3-12H,13H2,1-2H3. The maximum Gasteiger partial charge on any atom is 0.259 e. The van der Waals surface area contributed by atoms with Crippen LogP contribution in [0.25, 0.3) is 0 Å². The summed E-state index contributed by atoms with van der Waals surface area (Å²) in [6.07, 6.45) is 3.27. The molecule has 138 valence electrons. The molecule has 0 atom stereocenters. The number of methoxy groups -OCH3 is 1. The summed E-state index contributed by atoms with van der Waals surface area (Å²) in [5, 5.41) is 0.908. The lowest BCUT2D eigenvalue weighted by Gasteiger charge is -2.25. The molecule has 0 bridgehead atoms. The minimum atomic E-state index is -0.176. The second kappa shape index (κ2) is 8.42. The molecule has 3 aromatic rings. The van der Waals surface area contributed by atoms with Gasteiger partial charge in [0.15, 0.2) is 0 Å². The van der Waals surface area contributed by atoms with E-state index in [1.54, 1.807) is 48.7 Å². The first-order valence-corrected chi connectivity index (χ1v) is 9.06. The second-order valence-corrected chi connectivity index (χ2v) is 6.83. The summed E-state index contributed by atoms with van der Waals surface area (Å²) in [6.45, 7) is 2.15. The van der Waals surface area contributed by atoms with E-state index in [2.05, 4.69) is 4.98 Å². The van der Waals surface area contributed by atoms with Crippen molar-refractivity contribution in [2.45, 2.75) is 13.5 Å². The minimum absolute atomic E-state index is 0.176. The van der Waals surface area contributed by atoms with Crippen LogP contribution in [0.4, 0.5) is 5.69 Å². The number of hydrogen-bond donors (Lipinski definition) is 0. The Balaban J connectivity index is 2.09. The van der Waals surface area contributed by atoms with Crippen molar-refractivity contribution < 1.29 is 9.53 Å². The Hall–Kier alpha value is -2.56. The topological polar surface area (TPSA) is 42.4 Å². The molecule has 0 radical (unpaired) electrons. The van der Waals surface area contributed by atoms with Gasteiger partial charge in [-0.25, -0.2) is 0 Å². The van der Waals surface area contributed by atoms with Crippen LogP contribution in [-0.2, 0) is 6.54 Å². The summed E-state index contributed by atoms with van der Waals surface area (Å²) in [5.74, 6) is 0.525. The van der Waals surface area contributed by atoms with E-state index < -0.39 is 0 Å². The molecule has 1 aromatic heterocycles. The first-order chi connectivity index (χ1) is 13.0. The van der Waals surface area contributed by atoms with E-state index >= 15 is 0 Å². The number of aromatic nitrogens is 1. The number of pyridine rings is 1. The van der Waals surface area contributed by atoms with Crippen molar-refractivity contribution in [3.63, 3.8) is 0 Å². The van der Waals surface area contributed by atoms with Crippen molar-refractivity contribution in [1.82, 2.24) is 4.98 Å². The molecular formula is C21H18Cl2N2O2. The SMILES string of the molecule is COc1ccccc1CN(C(=O)c1ccncc1C)c1ccc(Cl)cc1Cl. The van der Waals surface area contributed by atoms with Gasteiger partial charge < -0.3 is 9.64 Å². The average Bonchev–Trinajstić information content (AvgIpc) is 2.67. The number of nitrogens with zero attached hydrogens (tertiary/aromatic N) is 2. The highest BCUT2D eigenvalue weighted by molar-refractivity contribution is 6.37. The average molecular weight is 401 g/mol. The zero-order valence-electron chi connectivity index (χ0n) is 14.9. The van der Waals surface area contributed by atoms with Crippen molar-refractivity contribution >= 4 is 34.8 Å². The molecule has 0 spiro atoms. The van der Waals surface area contributed by atoms with E-state index in [1.165, 1.54) is 0 Å². The maximum absolute atomic E-state index is 13.4. The molecule has 0 aliphatic heterocycles.